The number of urea groups is 1. The molecule has 0 saturated carbocycles. The number of nitrogens with zero attached hydrogens (tertiary/aromatic N) is 1. The van der Waals surface area contributed by atoms with E-state index in [0.717, 1.165) is 24.9 Å². The third-order valence-corrected chi connectivity index (χ3v) is 5.05. The lowest BCUT2D eigenvalue weighted by Gasteiger charge is -2.33. The van der Waals surface area contributed by atoms with Crippen LogP contribution in [0, 0.1) is 5.82 Å². The molecule has 5 nitrogen and oxygen atoms in total. The van der Waals surface area contributed by atoms with Crippen molar-refractivity contribution < 1.29 is 14.0 Å². The quantitative estimate of drug-likeness (QED) is 0.828. The molecule has 6 heteroatoms. The van der Waals surface area contributed by atoms with Crippen LogP contribution in [-0.4, -0.2) is 36.5 Å². The van der Waals surface area contributed by atoms with Gasteiger partial charge in [-0.05, 0) is 43.5 Å². The van der Waals surface area contributed by atoms with Gasteiger partial charge in [-0.1, -0.05) is 30.3 Å². The maximum absolute atomic E-state index is 13.7. The van der Waals surface area contributed by atoms with Gasteiger partial charge in [-0.25, -0.2) is 9.18 Å². The van der Waals surface area contributed by atoms with Crippen molar-refractivity contribution in [3.63, 3.8) is 0 Å². The Hall–Kier alpha value is -2.89. The maximum Gasteiger partial charge on any atom is 0.317 e. The average Bonchev–Trinajstić information content (AvgIpc) is 2.73. The number of hydrogen-bond acceptors (Lipinski definition) is 2. The van der Waals surface area contributed by atoms with E-state index in [1.165, 1.54) is 6.07 Å². The van der Waals surface area contributed by atoms with Crippen LogP contribution < -0.4 is 10.6 Å². The Morgan fingerprint density at radius 1 is 1.14 bits per heavy atom. The van der Waals surface area contributed by atoms with Gasteiger partial charge in [0.2, 0.25) is 0 Å². The van der Waals surface area contributed by atoms with Crippen molar-refractivity contribution >= 4 is 11.9 Å². The SMILES string of the molecule is CCNC(=O)N1CCC[C@H](c2cccc(C(=O)NCc3ccccc3F)c2)C1. The molecule has 1 atom stereocenters. The topological polar surface area (TPSA) is 61.4 Å². The van der Waals surface area contributed by atoms with Crippen molar-refractivity contribution in [1.82, 2.24) is 15.5 Å². The van der Waals surface area contributed by atoms with Crippen molar-refractivity contribution in [3.05, 3.63) is 71.0 Å². The number of hydrogen-bond donors (Lipinski definition) is 2. The van der Waals surface area contributed by atoms with E-state index >= 15 is 0 Å². The molecule has 28 heavy (non-hydrogen) atoms. The lowest BCUT2D eigenvalue weighted by Crippen LogP contribution is -2.44. The van der Waals surface area contributed by atoms with Gasteiger partial charge in [-0.3, -0.25) is 4.79 Å². The Morgan fingerprint density at radius 3 is 2.75 bits per heavy atom. The number of halogens is 1. The summed E-state index contributed by atoms with van der Waals surface area (Å²) in [5.41, 5.74) is 2.05. The standard InChI is InChI=1S/C22H26FN3O2/c1-2-24-22(28)26-12-6-10-19(15-26)16-8-5-9-17(13-16)21(27)25-14-18-7-3-4-11-20(18)23/h3-5,7-9,11,13,19H,2,6,10,12,14-15H2,1H3,(H,24,28)(H,25,27)/t19-/m0/s1. The summed E-state index contributed by atoms with van der Waals surface area (Å²) in [7, 11) is 0. The van der Waals surface area contributed by atoms with Crippen molar-refractivity contribution in [2.75, 3.05) is 19.6 Å². The fourth-order valence-electron chi connectivity index (χ4n) is 3.55. The smallest absolute Gasteiger partial charge is 0.317 e. The third-order valence-electron chi connectivity index (χ3n) is 5.05. The monoisotopic (exact) mass is 383 g/mol. The molecule has 2 aromatic carbocycles. The summed E-state index contributed by atoms with van der Waals surface area (Å²) in [6.45, 7) is 4.06. The first-order chi connectivity index (χ1) is 13.6. The molecule has 1 fully saturated rings. The van der Waals surface area contributed by atoms with Gasteiger partial charge < -0.3 is 15.5 Å². The van der Waals surface area contributed by atoms with Crippen molar-refractivity contribution in [2.45, 2.75) is 32.2 Å². The molecule has 1 heterocycles. The number of carbonyl (C=O) groups is 2. The summed E-state index contributed by atoms with van der Waals surface area (Å²) in [5, 5.41) is 5.62. The molecule has 3 rings (SSSR count). The van der Waals surface area contributed by atoms with Gasteiger partial charge in [-0.15, -0.1) is 0 Å². The van der Waals surface area contributed by atoms with E-state index < -0.39 is 0 Å². The second-order valence-corrected chi connectivity index (χ2v) is 7.02. The lowest BCUT2D eigenvalue weighted by molar-refractivity contribution is 0.0950. The zero-order valence-corrected chi connectivity index (χ0v) is 16.1. The van der Waals surface area contributed by atoms with E-state index in [4.69, 9.17) is 0 Å². The highest BCUT2D eigenvalue weighted by Crippen LogP contribution is 2.27. The first kappa shape index (κ1) is 19.9. The second kappa shape index (κ2) is 9.35. The number of benzene rings is 2. The Kier molecular flexibility index (Phi) is 6.63. The van der Waals surface area contributed by atoms with Gasteiger partial charge in [0, 0.05) is 43.2 Å². The van der Waals surface area contributed by atoms with E-state index in [9.17, 15) is 14.0 Å². The Balaban J connectivity index is 1.65. The maximum atomic E-state index is 13.7. The zero-order valence-electron chi connectivity index (χ0n) is 16.1. The van der Waals surface area contributed by atoms with Crippen LogP contribution >= 0.6 is 0 Å². The van der Waals surface area contributed by atoms with E-state index in [2.05, 4.69) is 10.6 Å². The molecule has 2 N–H and O–H groups in total. The molecule has 0 unspecified atom stereocenters. The van der Waals surface area contributed by atoms with Crippen molar-refractivity contribution in [1.29, 1.82) is 0 Å². The summed E-state index contributed by atoms with van der Waals surface area (Å²) >= 11 is 0. The van der Waals surface area contributed by atoms with Crippen molar-refractivity contribution in [2.24, 2.45) is 0 Å². The van der Waals surface area contributed by atoms with Gasteiger partial charge in [0.15, 0.2) is 0 Å². The molecular formula is C22H26FN3O2. The van der Waals surface area contributed by atoms with Gasteiger partial charge in [0.25, 0.3) is 5.91 Å². The van der Waals surface area contributed by atoms with E-state index in [1.54, 1.807) is 24.3 Å². The molecule has 1 aliphatic rings. The normalized spacial score (nSPS) is 16.5. The number of carbonyl (C=O) groups excluding carboxylic acids is 2. The average molecular weight is 383 g/mol. The highest BCUT2D eigenvalue weighted by Gasteiger charge is 2.24. The minimum Gasteiger partial charge on any atom is -0.348 e. The summed E-state index contributed by atoms with van der Waals surface area (Å²) in [6.07, 6.45) is 1.92. The van der Waals surface area contributed by atoms with E-state index in [-0.39, 0.29) is 30.2 Å². The van der Waals surface area contributed by atoms with Crippen LogP contribution in [0.1, 0.15) is 47.2 Å². The lowest BCUT2D eigenvalue weighted by atomic mass is 9.89. The first-order valence-corrected chi connectivity index (χ1v) is 9.72. The highest BCUT2D eigenvalue weighted by molar-refractivity contribution is 5.94. The molecule has 0 radical (unpaired) electrons. The van der Waals surface area contributed by atoms with Crippen LogP contribution in [0.2, 0.25) is 0 Å². The van der Waals surface area contributed by atoms with Crippen molar-refractivity contribution in [3.8, 4) is 0 Å². The molecule has 0 aliphatic carbocycles. The number of rotatable bonds is 5. The molecule has 1 aliphatic heterocycles. The minimum atomic E-state index is -0.329. The summed E-state index contributed by atoms with van der Waals surface area (Å²) in [5.74, 6) is -0.360. The summed E-state index contributed by atoms with van der Waals surface area (Å²) < 4.78 is 13.7. The van der Waals surface area contributed by atoms with Crippen LogP contribution in [0.25, 0.3) is 0 Å². The fourth-order valence-corrected chi connectivity index (χ4v) is 3.55. The third kappa shape index (κ3) is 4.88. The van der Waals surface area contributed by atoms with Crippen LogP contribution in [0.4, 0.5) is 9.18 Å². The summed E-state index contributed by atoms with van der Waals surface area (Å²) in [6, 6.07) is 13.9. The molecular weight excluding hydrogens is 357 g/mol. The van der Waals surface area contributed by atoms with E-state index in [0.29, 0.717) is 24.2 Å². The number of piperidine rings is 1. The largest absolute Gasteiger partial charge is 0.348 e. The van der Waals surface area contributed by atoms with Crippen LogP contribution in [0.5, 0.6) is 0 Å². The second-order valence-electron chi connectivity index (χ2n) is 7.02. The molecule has 0 aromatic heterocycles. The number of nitrogens with one attached hydrogen (secondary N) is 2. The van der Waals surface area contributed by atoms with Crippen LogP contribution in [-0.2, 0) is 6.54 Å². The molecule has 0 bridgehead atoms. The Bertz CT molecular complexity index is 840. The van der Waals surface area contributed by atoms with E-state index in [1.807, 2.05) is 30.0 Å². The molecule has 1 saturated heterocycles. The fraction of sp³-hybridized carbons (Fsp3) is 0.364. The first-order valence-electron chi connectivity index (χ1n) is 9.72. The Labute approximate surface area is 164 Å². The van der Waals surface area contributed by atoms with Crippen LogP contribution in [0.3, 0.4) is 0 Å². The van der Waals surface area contributed by atoms with Gasteiger partial charge in [0.05, 0.1) is 0 Å². The van der Waals surface area contributed by atoms with Gasteiger partial charge in [-0.2, -0.15) is 0 Å². The highest BCUT2D eigenvalue weighted by atomic mass is 19.1. The Morgan fingerprint density at radius 2 is 1.96 bits per heavy atom. The predicted molar refractivity (Wildman–Crippen MR) is 107 cm³/mol. The van der Waals surface area contributed by atoms with Crippen LogP contribution in [0.15, 0.2) is 48.5 Å². The molecule has 0 spiro atoms. The number of likely N-dealkylation sites (tertiary alicyclic amines) is 1. The molecule has 3 amide bonds. The molecule has 148 valence electrons. The number of amides is 3. The summed E-state index contributed by atoms with van der Waals surface area (Å²) in [4.78, 5) is 26.5. The minimum absolute atomic E-state index is 0.0361. The molecule has 2 aromatic rings. The predicted octanol–water partition coefficient (Wildman–Crippen LogP) is 3.66. The van der Waals surface area contributed by atoms with Gasteiger partial charge in [0.1, 0.15) is 5.82 Å². The van der Waals surface area contributed by atoms with Gasteiger partial charge >= 0.3 is 6.03 Å². The zero-order chi connectivity index (χ0) is 19.9.